The maximum absolute atomic E-state index is 12.2. The average Bonchev–Trinajstić information content (AvgIpc) is 3.01. The fourth-order valence-corrected chi connectivity index (χ4v) is 2.74. The van der Waals surface area contributed by atoms with Crippen LogP contribution in [0.4, 0.5) is 5.69 Å². The van der Waals surface area contributed by atoms with Crippen molar-refractivity contribution in [1.82, 2.24) is 0 Å². The molecule has 0 aromatic heterocycles. The highest BCUT2D eigenvalue weighted by molar-refractivity contribution is 6.12. The molecule has 7 heteroatoms. The maximum atomic E-state index is 12.2. The van der Waals surface area contributed by atoms with E-state index >= 15 is 0 Å². The molecule has 3 rings (SSSR count). The van der Waals surface area contributed by atoms with E-state index in [2.05, 4.69) is 25.8 Å². The number of carbonyl (C=O) groups excluding carboxylic acids is 1. The van der Waals surface area contributed by atoms with Gasteiger partial charge in [0.15, 0.2) is 11.4 Å². The van der Waals surface area contributed by atoms with Crippen LogP contribution in [0.25, 0.3) is 6.08 Å². The molecule has 2 aromatic rings. The van der Waals surface area contributed by atoms with E-state index in [-0.39, 0.29) is 28.4 Å². The lowest BCUT2D eigenvalue weighted by Gasteiger charge is -2.18. The number of cyclic esters (lactones) is 1. The standard InChI is InChI=1S/C21H20N2O5/c1-21(2,3)15-8-6-14(7-9-15)19-22-16(20(24)28-19)11-13-5-10-18(27-4)17(12-13)23(25)26/h5-12H,1-4H3. The fourth-order valence-electron chi connectivity index (χ4n) is 2.74. The number of hydrogen-bond acceptors (Lipinski definition) is 6. The van der Waals surface area contributed by atoms with Gasteiger partial charge in [-0.15, -0.1) is 0 Å². The Labute approximate surface area is 162 Å². The Morgan fingerprint density at radius 1 is 1.14 bits per heavy atom. The van der Waals surface area contributed by atoms with Crippen LogP contribution in [-0.2, 0) is 14.9 Å². The number of benzene rings is 2. The van der Waals surface area contributed by atoms with E-state index in [0.29, 0.717) is 11.1 Å². The van der Waals surface area contributed by atoms with Gasteiger partial charge in [-0.1, -0.05) is 39.0 Å². The Balaban J connectivity index is 1.92. The summed E-state index contributed by atoms with van der Waals surface area (Å²) in [5.41, 5.74) is 2.20. The van der Waals surface area contributed by atoms with E-state index in [0.717, 1.165) is 5.56 Å². The van der Waals surface area contributed by atoms with E-state index < -0.39 is 10.9 Å². The van der Waals surface area contributed by atoms with Crippen molar-refractivity contribution in [3.05, 3.63) is 75.0 Å². The molecule has 0 fully saturated rings. The van der Waals surface area contributed by atoms with Crippen LogP contribution < -0.4 is 4.74 Å². The third kappa shape index (κ3) is 3.93. The molecule has 144 valence electrons. The van der Waals surface area contributed by atoms with Crippen LogP contribution in [0.15, 0.2) is 53.2 Å². The maximum Gasteiger partial charge on any atom is 0.363 e. The summed E-state index contributed by atoms with van der Waals surface area (Å²) >= 11 is 0. The minimum Gasteiger partial charge on any atom is -0.490 e. The Morgan fingerprint density at radius 2 is 1.82 bits per heavy atom. The number of aliphatic imine (C=N–C) groups is 1. The molecule has 28 heavy (non-hydrogen) atoms. The van der Waals surface area contributed by atoms with Gasteiger partial charge in [0.25, 0.3) is 0 Å². The highest BCUT2D eigenvalue weighted by Gasteiger charge is 2.25. The molecule has 0 saturated carbocycles. The predicted octanol–water partition coefficient (Wildman–Crippen LogP) is 4.25. The molecular weight excluding hydrogens is 360 g/mol. The normalized spacial score (nSPS) is 15.4. The number of nitro groups is 1. The summed E-state index contributed by atoms with van der Waals surface area (Å²) in [6.07, 6.45) is 1.45. The zero-order chi connectivity index (χ0) is 20.5. The largest absolute Gasteiger partial charge is 0.490 e. The number of nitrogens with zero attached hydrogens (tertiary/aromatic N) is 2. The summed E-state index contributed by atoms with van der Waals surface area (Å²) in [7, 11) is 1.36. The first-order valence-electron chi connectivity index (χ1n) is 8.65. The summed E-state index contributed by atoms with van der Waals surface area (Å²) in [6, 6.07) is 12.1. The Kier molecular flexibility index (Phi) is 5.00. The number of hydrogen-bond donors (Lipinski definition) is 0. The van der Waals surface area contributed by atoms with E-state index in [1.54, 1.807) is 6.07 Å². The second kappa shape index (κ2) is 7.26. The summed E-state index contributed by atoms with van der Waals surface area (Å²) in [5.74, 6) is -0.252. The SMILES string of the molecule is COc1ccc(C=C2N=C(c3ccc(C(C)(C)C)cc3)OC2=O)cc1[N+](=O)[O-]. The van der Waals surface area contributed by atoms with Crippen molar-refractivity contribution in [3.8, 4) is 5.75 Å². The van der Waals surface area contributed by atoms with Crippen LogP contribution in [0.5, 0.6) is 5.75 Å². The number of carbonyl (C=O) groups is 1. The van der Waals surface area contributed by atoms with Gasteiger partial charge in [-0.3, -0.25) is 10.1 Å². The number of ether oxygens (including phenoxy) is 2. The zero-order valence-corrected chi connectivity index (χ0v) is 16.1. The molecule has 7 nitrogen and oxygen atoms in total. The van der Waals surface area contributed by atoms with Crippen molar-refractivity contribution in [2.45, 2.75) is 26.2 Å². The third-order valence-corrected chi connectivity index (χ3v) is 4.32. The molecule has 0 amide bonds. The van der Waals surface area contributed by atoms with Crippen molar-refractivity contribution in [1.29, 1.82) is 0 Å². The summed E-state index contributed by atoms with van der Waals surface area (Å²) in [4.78, 5) is 27.0. The second-order valence-electron chi connectivity index (χ2n) is 7.35. The minimum absolute atomic E-state index is 0.0147. The van der Waals surface area contributed by atoms with E-state index in [9.17, 15) is 14.9 Å². The fraction of sp³-hybridized carbons (Fsp3) is 0.238. The van der Waals surface area contributed by atoms with Crippen LogP contribution in [0.2, 0.25) is 0 Å². The molecule has 0 aliphatic carbocycles. The molecule has 1 aliphatic rings. The molecule has 0 bridgehead atoms. The van der Waals surface area contributed by atoms with Gasteiger partial charge < -0.3 is 9.47 Å². The van der Waals surface area contributed by atoms with Crippen LogP contribution in [0.1, 0.15) is 37.5 Å². The quantitative estimate of drug-likeness (QED) is 0.342. The molecule has 0 N–H and O–H groups in total. The first kappa shape index (κ1) is 19.3. The van der Waals surface area contributed by atoms with Crippen molar-refractivity contribution in [2.75, 3.05) is 7.11 Å². The summed E-state index contributed by atoms with van der Waals surface area (Å²) in [6.45, 7) is 6.35. The van der Waals surface area contributed by atoms with E-state index in [1.807, 2.05) is 24.3 Å². The van der Waals surface area contributed by atoms with Gasteiger partial charge in [-0.05, 0) is 40.8 Å². The van der Waals surface area contributed by atoms with Crippen LogP contribution in [0, 0.1) is 10.1 Å². The van der Waals surface area contributed by atoms with E-state index in [1.165, 1.54) is 25.3 Å². The molecular formula is C21H20N2O5. The minimum atomic E-state index is -0.603. The molecule has 0 saturated heterocycles. The molecule has 0 atom stereocenters. The van der Waals surface area contributed by atoms with Crippen LogP contribution in [0.3, 0.4) is 0 Å². The number of rotatable bonds is 4. The Hall–Kier alpha value is -3.48. The van der Waals surface area contributed by atoms with Gasteiger partial charge in [-0.2, -0.15) is 0 Å². The lowest BCUT2D eigenvalue weighted by molar-refractivity contribution is -0.385. The topological polar surface area (TPSA) is 91.0 Å². The summed E-state index contributed by atoms with van der Waals surface area (Å²) in [5, 5.41) is 11.2. The highest BCUT2D eigenvalue weighted by atomic mass is 16.6. The zero-order valence-electron chi connectivity index (χ0n) is 16.1. The second-order valence-corrected chi connectivity index (χ2v) is 7.35. The first-order chi connectivity index (χ1) is 13.2. The number of nitro benzene ring substituents is 1. The smallest absolute Gasteiger partial charge is 0.363 e. The Morgan fingerprint density at radius 3 is 2.39 bits per heavy atom. The van der Waals surface area contributed by atoms with Crippen molar-refractivity contribution in [3.63, 3.8) is 0 Å². The number of esters is 1. The molecule has 0 spiro atoms. The number of methoxy groups -OCH3 is 1. The van der Waals surface area contributed by atoms with Gasteiger partial charge in [0.2, 0.25) is 5.90 Å². The van der Waals surface area contributed by atoms with Gasteiger partial charge in [0, 0.05) is 11.6 Å². The average molecular weight is 380 g/mol. The monoisotopic (exact) mass is 380 g/mol. The van der Waals surface area contributed by atoms with Crippen LogP contribution >= 0.6 is 0 Å². The predicted molar refractivity (Wildman–Crippen MR) is 105 cm³/mol. The van der Waals surface area contributed by atoms with Gasteiger partial charge >= 0.3 is 11.7 Å². The van der Waals surface area contributed by atoms with Crippen molar-refractivity contribution >= 4 is 23.6 Å². The van der Waals surface area contributed by atoms with Gasteiger partial charge in [0.05, 0.1) is 12.0 Å². The Bertz CT molecular complexity index is 998. The molecule has 1 aliphatic heterocycles. The lowest BCUT2D eigenvalue weighted by Crippen LogP contribution is -2.11. The van der Waals surface area contributed by atoms with E-state index in [4.69, 9.17) is 9.47 Å². The molecule has 0 unspecified atom stereocenters. The van der Waals surface area contributed by atoms with Gasteiger partial charge in [-0.25, -0.2) is 9.79 Å². The molecule has 0 radical (unpaired) electrons. The first-order valence-corrected chi connectivity index (χ1v) is 8.65. The van der Waals surface area contributed by atoms with Crippen LogP contribution in [-0.4, -0.2) is 23.9 Å². The third-order valence-electron chi connectivity index (χ3n) is 4.32. The van der Waals surface area contributed by atoms with Crippen molar-refractivity contribution < 1.29 is 19.2 Å². The lowest BCUT2D eigenvalue weighted by atomic mass is 9.87. The highest BCUT2D eigenvalue weighted by Crippen LogP contribution is 2.29. The molecule has 2 aromatic carbocycles. The summed E-state index contributed by atoms with van der Waals surface area (Å²) < 4.78 is 10.2. The molecule has 1 heterocycles. The van der Waals surface area contributed by atoms with Crippen molar-refractivity contribution in [2.24, 2.45) is 4.99 Å². The van der Waals surface area contributed by atoms with Gasteiger partial charge in [0.1, 0.15) is 0 Å².